The van der Waals surface area contributed by atoms with Crippen LogP contribution in [0.4, 0.5) is 0 Å². The Balaban J connectivity index is 2.34. The van der Waals surface area contributed by atoms with E-state index in [0.29, 0.717) is 17.1 Å². The predicted octanol–water partition coefficient (Wildman–Crippen LogP) is 3.02. The van der Waals surface area contributed by atoms with E-state index in [1.54, 1.807) is 12.1 Å². The predicted molar refractivity (Wildman–Crippen MR) is 84.3 cm³/mol. The van der Waals surface area contributed by atoms with Crippen molar-refractivity contribution >= 4 is 40.1 Å². The third kappa shape index (κ3) is 5.54. The largest absolute Gasteiger partial charge is 0.352 e. The molecule has 0 aliphatic rings. The van der Waals surface area contributed by atoms with Crippen LogP contribution in [0.2, 0.25) is 5.02 Å². The van der Waals surface area contributed by atoms with Gasteiger partial charge in [0.05, 0.1) is 5.02 Å². The van der Waals surface area contributed by atoms with Gasteiger partial charge in [-0.15, -0.1) is 0 Å². The zero-order chi connectivity index (χ0) is 13.5. The average Bonchev–Trinajstić information content (AvgIpc) is 2.31. The Labute approximate surface area is 127 Å². The molecule has 0 aliphatic heterocycles. The van der Waals surface area contributed by atoms with E-state index in [0.717, 1.165) is 23.0 Å². The maximum Gasteiger partial charge on any atom is 0.251 e. The molecule has 0 saturated heterocycles. The van der Waals surface area contributed by atoms with Crippen LogP contribution in [0.5, 0.6) is 0 Å². The highest BCUT2D eigenvalue weighted by Crippen LogP contribution is 2.19. The van der Waals surface area contributed by atoms with Crippen LogP contribution in [-0.2, 0) is 0 Å². The molecule has 0 atom stereocenters. The SMILES string of the molecule is CN(C)CCCCNC(=O)c1ccc(I)c(Cl)c1. The summed E-state index contributed by atoms with van der Waals surface area (Å²) < 4.78 is 0.955. The van der Waals surface area contributed by atoms with Crippen molar-refractivity contribution in [3.63, 3.8) is 0 Å². The van der Waals surface area contributed by atoms with Gasteiger partial charge in [0.1, 0.15) is 0 Å². The van der Waals surface area contributed by atoms with E-state index in [1.807, 2.05) is 20.2 Å². The fraction of sp³-hybridized carbons (Fsp3) is 0.462. The molecule has 18 heavy (non-hydrogen) atoms. The van der Waals surface area contributed by atoms with E-state index in [-0.39, 0.29) is 5.91 Å². The smallest absolute Gasteiger partial charge is 0.251 e. The number of nitrogens with zero attached hydrogens (tertiary/aromatic N) is 1. The Morgan fingerprint density at radius 2 is 2.11 bits per heavy atom. The van der Waals surface area contributed by atoms with E-state index >= 15 is 0 Å². The van der Waals surface area contributed by atoms with Crippen LogP contribution in [0.1, 0.15) is 23.2 Å². The van der Waals surface area contributed by atoms with Crippen molar-refractivity contribution in [2.45, 2.75) is 12.8 Å². The highest BCUT2D eigenvalue weighted by Gasteiger charge is 2.06. The summed E-state index contributed by atoms with van der Waals surface area (Å²) in [4.78, 5) is 14.0. The van der Waals surface area contributed by atoms with Crippen LogP contribution >= 0.6 is 34.2 Å². The summed E-state index contributed by atoms with van der Waals surface area (Å²) in [5.74, 6) is -0.0573. The number of unbranched alkanes of at least 4 members (excludes halogenated alkanes) is 1. The first-order chi connectivity index (χ1) is 8.50. The highest BCUT2D eigenvalue weighted by molar-refractivity contribution is 14.1. The lowest BCUT2D eigenvalue weighted by Crippen LogP contribution is -2.25. The molecule has 0 aliphatic carbocycles. The summed E-state index contributed by atoms with van der Waals surface area (Å²) in [5.41, 5.74) is 0.619. The molecule has 0 saturated carbocycles. The second kappa shape index (κ2) is 7.96. The lowest BCUT2D eigenvalue weighted by molar-refractivity contribution is 0.0953. The standard InChI is InChI=1S/C13H18ClIN2O/c1-17(2)8-4-3-7-16-13(18)10-5-6-12(15)11(14)9-10/h5-6,9H,3-4,7-8H2,1-2H3,(H,16,18). The van der Waals surface area contributed by atoms with E-state index < -0.39 is 0 Å². The Bertz CT molecular complexity index is 410. The molecule has 3 nitrogen and oxygen atoms in total. The zero-order valence-corrected chi connectivity index (χ0v) is 13.6. The number of rotatable bonds is 6. The monoisotopic (exact) mass is 380 g/mol. The van der Waals surface area contributed by atoms with Crippen LogP contribution in [-0.4, -0.2) is 38.0 Å². The Kier molecular flexibility index (Phi) is 6.96. The van der Waals surface area contributed by atoms with Crippen molar-refractivity contribution < 1.29 is 4.79 Å². The molecule has 0 aromatic heterocycles. The molecular weight excluding hydrogens is 363 g/mol. The molecule has 0 fully saturated rings. The minimum atomic E-state index is -0.0573. The van der Waals surface area contributed by atoms with E-state index in [2.05, 4.69) is 32.8 Å². The van der Waals surface area contributed by atoms with Gasteiger partial charge in [-0.2, -0.15) is 0 Å². The van der Waals surface area contributed by atoms with Gasteiger partial charge < -0.3 is 10.2 Å². The van der Waals surface area contributed by atoms with Crippen molar-refractivity contribution in [3.05, 3.63) is 32.4 Å². The van der Waals surface area contributed by atoms with Gasteiger partial charge in [0.25, 0.3) is 5.91 Å². The van der Waals surface area contributed by atoms with Gasteiger partial charge in [0, 0.05) is 15.7 Å². The summed E-state index contributed by atoms with van der Waals surface area (Å²) in [6.45, 7) is 1.75. The highest BCUT2D eigenvalue weighted by atomic mass is 127. The minimum Gasteiger partial charge on any atom is -0.352 e. The topological polar surface area (TPSA) is 32.3 Å². The van der Waals surface area contributed by atoms with Crippen molar-refractivity contribution in [2.24, 2.45) is 0 Å². The fourth-order valence-corrected chi connectivity index (χ4v) is 2.01. The van der Waals surface area contributed by atoms with Gasteiger partial charge in [0.2, 0.25) is 0 Å². The molecule has 1 amide bonds. The number of benzene rings is 1. The number of hydrogen-bond acceptors (Lipinski definition) is 2. The Hall–Kier alpha value is -0.330. The molecular formula is C13H18ClIN2O. The summed E-state index contributed by atoms with van der Waals surface area (Å²) in [6.07, 6.45) is 2.07. The third-order valence-corrected chi connectivity index (χ3v) is 4.07. The van der Waals surface area contributed by atoms with Gasteiger partial charge in [-0.3, -0.25) is 4.79 Å². The van der Waals surface area contributed by atoms with Gasteiger partial charge >= 0.3 is 0 Å². The minimum absolute atomic E-state index is 0.0573. The summed E-state index contributed by atoms with van der Waals surface area (Å²) >= 11 is 8.13. The molecule has 0 radical (unpaired) electrons. The van der Waals surface area contributed by atoms with Gasteiger partial charge in [-0.1, -0.05) is 11.6 Å². The second-order valence-electron chi connectivity index (χ2n) is 4.40. The average molecular weight is 381 g/mol. The second-order valence-corrected chi connectivity index (χ2v) is 5.96. The van der Waals surface area contributed by atoms with E-state index in [1.165, 1.54) is 0 Å². The van der Waals surface area contributed by atoms with E-state index in [4.69, 9.17) is 11.6 Å². The van der Waals surface area contributed by atoms with Crippen LogP contribution in [0.25, 0.3) is 0 Å². The van der Waals surface area contributed by atoms with Crippen molar-refractivity contribution in [1.82, 2.24) is 10.2 Å². The van der Waals surface area contributed by atoms with E-state index in [9.17, 15) is 4.79 Å². The van der Waals surface area contributed by atoms with Gasteiger partial charge in [0.15, 0.2) is 0 Å². The Morgan fingerprint density at radius 3 is 2.72 bits per heavy atom. The number of amides is 1. The summed E-state index contributed by atoms with van der Waals surface area (Å²) in [6, 6.07) is 5.35. The lowest BCUT2D eigenvalue weighted by atomic mass is 10.2. The first-order valence-electron chi connectivity index (χ1n) is 5.88. The van der Waals surface area contributed by atoms with Crippen LogP contribution in [0.3, 0.4) is 0 Å². The first-order valence-corrected chi connectivity index (χ1v) is 7.34. The molecule has 0 bridgehead atoms. The van der Waals surface area contributed by atoms with Crippen molar-refractivity contribution in [2.75, 3.05) is 27.2 Å². The van der Waals surface area contributed by atoms with Crippen LogP contribution in [0, 0.1) is 3.57 Å². The maximum atomic E-state index is 11.8. The van der Waals surface area contributed by atoms with Crippen LogP contribution in [0.15, 0.2) is 18.2 Å². The molecule has 0 unspecified atom stereocenters. The molecule has 1 aromatic rings. The van der Waals surface area contributed by atoms with Crippen molar-refractivity contribution in [3.8, 4) is 0 Å². The Morgan fingerprint density at radius 1 is 1.39 bits per heavy atom. The number of carbonyl (C=O) groups excluding carboxylic acids is 1. The molecule has 5 heteroatoms. The van der Waals surface area contributed by atoms with Crippen LogP contribution < -0.4 is 5.32 Å². The van der Waals surface area contributed by atoms with Gasteiger partial charge in [-0.25, -0.2) is 0 Å². The normalized spacial score (nSPS) is 10.7. The number of halogens is 2. The first kappa shape index (κ1) is 15.7. The molecule has 0 heterocycles. The summed E-state index contributed by atoms with van der Waals surface area (Å²) in [7, 11) is 4.10. The zero-order valence-electron chi connectivity index (χ0n) is 10.7. The number of hydrogen-bond donors (Lipinski definition) is 1. The molecule has 1 N–H and O–H groups in total. The summed E-state index contributed by atoms with van der Waals surface area (Å²) in [5, 5.41) is 3.52. The molecule has 0 spiro atoms. The fourth-order valence-electron chi connectivity index (χ4n) is 1.49. The third-order valence-electron chi connectivity index (χ3n) is 2.50. The molecule has 100 valence electrons. The maximum absolute atomic E-state index is 11.8. The van der Waals surface area contributed by atoms with Crippen molar-refractivity contribution in [1.29, 1.82) is 0 Å². The molecule has 1 aromatic carbocycles. The molecule has 1 rings (SSSR count). The van der Waals surface area contributed by atoms with Gasteiger partial charge in [-0.05, 0) is 74.3 Å². The lowest BCUT2D eigenvalue weighted by Gasteiger charge is -2.09. The quantitative estimate of drug-likeness (QED) is 0.608. The number of nitrogens with one attached hydrogen (secondary N) is 1. The number of carbonyl (C=O) groups is 1.